The van der Waals surface area contributed by atoms with Gasteiger partial charge in [-0.3, -0.25) is 0 Å². The summed E-state index contributed by atoms with van der Waals surface area (Å²) in [5, 5.41) is 9.53. The summed E-state index contributed by atoms with van der Waals surface area (Å²) in [6.07, 6.45) is 1.86. The number of unbranched alkanes of at least 4 members (excludes halogenated alkanes) is 1. The molecule has 1 nitrogen and oxygen atoms in total. The molecule has 0 bridgehead atoms. The first-order valence-electron chi connectivity index (χ1n) is 2.00. The second-order valence-electron chi connectivity index (χ2n) is 1.06. The van der Waals surface area contributed by atoms with E-state index in [0.717, 1.165) is 12.8 Å². The summed E-state index contributed by atoms with van der Waals surface area (Å²) < 4.78 is 0. The maximum Gasteiger partial charge on any atom is 4.00 e. The van der Waals surface area contributed by atoms with Crippen LogP contribution in [0.5, 0.6) is 0 Å². The summed E-state index contributed by atoms with van der Waals surface area (Å²) in [6.45, 7) is 2.11. The van der Waals surface area contributed by atoms with Crippen LogP contribution in [0.15, 0.2) is 0 Å². The van der Waals surface area contributed by atoms with Gasteiger partial charge in [0.1, 0.15) is 0 Å². The van der Waals surface area contributed by atoms with Gasteiger partial charge in [-0.15, -0.1) is 6.61 Å². The number of halogens is 3. The standard InChI is InChI=1S/C4H9O.3ClH.Hf/c1-2-3-4-5;;;;/h2-4H2,1H3;3*1H;/q-1;;;;+4/p-3. The average molecular weight is 358 g/mol. The fourth-order valence-electron chi connectivity index (χ4n) is 0.144. The Hall–Kier alpha value is 1.70. The third-order valence-corrected chi connectivity index (χ3v) is 0.498. The average Bonchev–Trinajstić information content (AvgIpc) is 1.41. The molecule has 0 saturated carbocycles. The third kappa shape index (κ3) is 42.0. The summed E-state index contributed by atoms with van der Waals surface area (Å²) in [5.74, 6) is 0. The number of rotatable bonds is 2. The van der Waals surface area contributed by atoms with Gasteiger partial charge in [0.2, 0.25) is 0 Å². The van der Waals surface area contributed by atoms with Crippen molar-refractivity contribution in [1.29, 1.82) is 0 Å². The van der Waals surface area contributed by atoms with Gasteiger partial charge in [0.25, 0.3) is 0 Å². The Balaban J connectivity index is -0.0000000133. The van der Waals surface area contributed by atoms with Crippen molar-refractivity contribution in [3.05, 3.63) is 0 Å². The minimum atomic E-state index is 0. The van der Waals surface area contributed by atoms with E-state index in [1.54, 1.807) is 0 Å². The molecule has 0 unspecified atom stereocenters. The molecular weight excluding hydrogens is 349 g/mol. The minimum Gasteiger partial charge on any atom is -1.00 e. The van der Waals surface area contributed by atoms with Crippen molar-refractivity contribution in [3.63, 3.8) is 0 Å². The Morgan fingerprint density at radius 1 is 1.11 bits per heavy atom. The molecular formula is C4H9Cl3HfO. The van der Waals surface area contributed by atoms with Gasteiger partial charge in [0, 0.05) is 0 Å². The van der Waals surface area contributed by atoms with Gasteiger partial charge in [0.05, 0.1) is 0 Å². The van der Waals surface area contributed by atoms with Crippen molar-refractivity contribution in [2.24, 2.45) is 0 Å². The smallest absolute Gasteiger partial charge is 1.00 e. The maximum absolute atomic E-state index is 9.53. The Morgan fingerprint density at radius 3 is 1.44 bits per heavy atom. The van der Waals surface area contributed by atoms with Gasteiger partial charge in [-0.1, -0.05) is 19.8 Å². The van der Waals surface area contributed by atoms with Gasteiger partial charge in [-0.2, -0.15) is 0 Å². The van der Waals surface area contributed by atoms with E-state index in [1.165, 1.54) is 0 Å². The van der Waals surface area contributed by atoms with Crippen LogP contribution in [0.2, 0.25) is 0 Å². The molecule has 0 spiro atoms. The van der Waals surface area contributed by atoms with E-state index in [9.17, 15) is 5.11 Å². The van der Waals surface area contributed by atoms with E-state index in [4.69, 9.17) is 0 Å². The molecule has 9 heavy (non-hydrogen) atoms. The van der Waals surface area contributed by atoms with Crippen LogP contribution in [-0.4, -0.2) is 6.61 Å². The van der Waals surface area contributed by atoms with Crippen molar-refractivity contribution in [3.8, 4) is 0 Å². The van der Waals surface area contributed by atoms with Gasteiger partial charge < -0.3 is 42.3 Å². The second kappa shape index (κ2) is 33.2. The molecule has 56 valence electrons. The number of hydrogen-bond acceptors (Lipinski definition) is 1. The molecule has 0 N–H and O–H groups in total. The second-order valence-corrected chi connectivity index (χ2v) is 1.06. The zero-order valence-corrected chi connectivity index (χ0v) is 11.0. The Kier molecular flexibility index (Phi) is 114. The van der Waals surface area contributed by atoms with E-state index in [2.05, 4.69) is 0 Å². The van der Waals surface area contributed by atoms with Crippen LogP contribution < -0.4 is 42.3 Å². The van der Waals surface area contributed by atoms with E-state index in [1.807, 2.05) is 6.92 Å². The molecule has 0 aliphatic heterocycles. The first-order valence-corrected chi connectivity index (χ1v) is 2.00. The first-order chi connectivity index (χ1) is 2.41. The Bertz CT molecular complexity index is 23.3. The summed E-state index contributed by atoms with van der Waals surface area (Å²) in [5.41, 5.74) is 0. The molecule has 0 aliphatic carbocycles. The molecule has 0 aromatic heterocycles. The van der Waals surface area contributed by atoms with Crippen LogP contribution in [-0.2, 0) is 25.8 Å². The van der Waals surface area contributed by atoms with Crippen LogP contribution in [0.4, 0.5) is 0 Å². The van der Waals surface area contributed by atoms with Crippen molar-refractivity contribution >= 4 is 0 Å². The maximum atomic E-state index is 9.53. The topological polar surface area (TPSA) is 23.1 Å². The molecule has 0 rings (SSSR count). The summed E-state index contributed by atoms with van der Waals surface area (Å²) in [4.78, 5) is 0. The fourth-order valence-corrected chi connectivity index (χ4v) is 0.144. The minimum absolute atomic E-state index is 0. The SMILES string of the molecule is CCCC[O-].[Cl-].[Cl-].[Cl-].[Hf+4]. The van der Waals surface area contributed by atoms with Crippen molar-refractivity contribution in [1.82, 2.24) is 0 Å². The van der Waals surface area contributed by atoms with Gasteiger partial charge in [-0.25, -0.2) is 0 Å². The molecule has 5 heteroatoms. The molecule has 0 atom stereocenters. The van der Waals surface area contributed by atoms with Crippen molar-refractivity contribution in [2.45, 2.75) is 19.8 Å². The molecule has 0 aromatic carbocycles. The summed E-state index contributed by atoms with van der Waals surface area (Å²) in [6, 6.07) is 0. The normalized spacial score (nSPS) is 4.67. The molecule has 0 radical (unpaired) electrons. The predicted octanol–water partition coefficient (Wildman–Crippen LogP) is -8.84. The molecule has 0 aliphatic rings. The van der Waals surface area contributed by atoms with Crippen LogP contribution in [0.25, 0.3) is 0 Å². The van der Waals surface area contributed by atoms with Gasteiger partial charge in [-0.05, 0) is 0 Å². The van der Waals surface area contributed by atoms with Crippen LogP contribution >= 0.6 is 0 Å². The van der Waals surface area contributed by atoms with Crippen LogP contribution in [0.3, 0.4) is 0 Å². The largest absolute Gasteiger partial charge is 4.00 e. The van der Waals surface area contributed by atoms with E-state index in [0.29, 0.717) is 0 Å². The quantitative estimate of drug-likeness (QED) is 0.450. The van der Waals surface area contributed by atoms with Crippen LogP contribution in [0, 0.1) is 0 Å². The van der Waals surface area contributed by atoms with Gasteiger partial charge in [0.15, 0.2) is 0 Å². The monoisotopic (exact) mass is 358 g/mol. The molecule has 0 amide bonds. The van der Waals surface area contributed by atoms with Crippen molar-refractivity contribution in [2.75, 3.05) is 6.61 Å². The zero-order valence-electron chi connectivity index (χ0n) is 5.16. The van der Waals surface area contributed by atoms with Gasteiger partial charge >= 0.3 is 25.8 Å². The number of hydrogen-bond donors (Lipinski definition) is 0. The van der Waals surface area contributed by atoms with Crippen LogP contribution in [0.1, 0.15) is 19.8 Å². The Labute approximate surface area is 94.0 Å². The molecule has 0 aromatic rings. The summed E-state index contributed by atoms with van der Waals surface area (Å²) in [7, 11) is 0. The van der Waals surface area contributed by atoms with E-state index >= 15 is 0 Å². The zero-order chi connectivity index (χ0) is 4.12. The van der Waals surface area contributed by atoms with E-state index in [-0.39, 0.29) is 69.7 Å². The molecule has 0 heterocycles. The molecule has 0 fully saturated rings. The predicted molar refractivity (Wildman–Crippen MR) is 19.8 cm³/mol. The first kappa shape index (κ1) is 31.0. The summed E-state index contributed by atoms with van der Waals surface area (Å²) >= 11 is 0. The van der Waals surface area contributed by atoms with Crippen molar-refractivity contribution < 1.29 is 68.2 Å². The fraction of sp³-hybridized carbons (Fsp3) is 1.00. The molecule has 0 saturated heterocycles. The Morgan fingerprint density at radius 2 is 1.44 bits per heavy atom. The third-order valence-electron chi connectivity index (χ3n) is 0.498. The van der Waals surface area contributed by atoms with E-state index < -0.39 is 0 Å².